The van der Waals surface area contributed by atoms with Crippen LogP contribution in [0.3, 0.4) is 0 Å². The molecule has 0 N–H and O–H groups in total. The van der Waals surface area contributed by atoms with Gasteiger partial charge in [0.25, 0.3) is 5.91 Å². The highest BCUT2D eigenvalue weighted by molar-refractivity contribution is 7.13. The number of carbonyl (C=O) groups is 1. The zero-order valence-corrected chi connectivity index (χ0v) is 17.0. The third-order valence-electron chi connectivity index (χ3n) is 5.25. The van der Waals surface area contributed by atoms with Crippen LogP contribution in [-0.2, 0) is 24.6 Å². The molecule has 2 aromatic rings. The number of likely N-dealkylation sites (N-methyl/N-ethyl adjacent to an activating group) is 1. The maximum atomic E-state index is 13.4. The second-order valence-electron chi connectivity index (χ2n) is 7.66. The Morgan fingerprint density at radius 2 is 2.19 bits per heavy atom. The van der Waals surface area contributed by atoms with E-state index in [4.69, 9.17) is 9.72 Å². The first kappa shape index (κ1) is 18.6. The van der Waals surface area contributed by atoms with Gasteiger partial charge in [0, 0.05) is 36.8 Å². The van der Waals surface area contributed by atoms with Gasteiger partial charge in [-0.25, -0.2) is 4.98 Å². The van der Waals surface area contributed by atoms with E-state index in [1.165, 1.54) is 17.7 Å². The van der Waals surface area contributed by atoms with E-state index in [0.717, 1.165) is 30.6 Å². The summed E-state index contributed by atoms with van der Waals surface area (Å²) in [7, 11) is 5.95. The van der Waals surface area contributed by atoms with Gasteiger partial charge in [-0.05, 0) is 39.8 Å². The lowest BCUT2D eigenvalue weighted by Gasteiger charge is -2.41. The molecule has 0 aromatic carbocycles. The molecule has 1 saturated heterocycles. The van der Waals surface area contributed by atoms with Crippen LogP contribution in [0.5, 0.6) is 0 Å². The molecule has 3 heterocycles. The number of ether oxygens (including phenoxy) is 1. The van der Waals surface area contributed by atoms with Crippen LogP contribution in [-0.4, -0.2) is 70.4 Å². The van der Waals surface area contributed by atoms with Crippen molar-refractivity contribution in [2.24, 2.45) is 7.05 Å². The summed E-state index contributed by atoms with van der Waals surface area (Å²) in [5.74, 6) is 0.0234. The van der Waals surface area contributed by atoms with E-state index in [2.05, 4.69) is 10.00 Å². The Morgan fingerprint density at radius 1 is 1.37 bits per heavy atom. The normalized spacial score (nSPS) is 22.9. The maximum Gasteiger partial charge on any atom is 0.283 e. The Morgan fingerprint density at radius 3 is 2.89 bits per heavy atom. The molecular weight excluding hydrogens is 362 g/mol. The van der Waals surface area contributed by atoms with Gasteiger partial charge in [-0.1, -0.05) is 0 Å². The van der Waals surface area contributed by atoms with E-state index in [1.54, 1.807) is 16.0 Å². The first-order valence-corrected chi connectivity index (χ1v) is 10.4. The summed E-state index contributed by atoms with van der Waals surface area (Å²) < 4.78 is 7.85. The number of hydrogen-bond donors (Lipinski definition) is 0. The van der Waals surface area contributed by atoms with Crippen molar-refractivity contribution < 1.29 is 9.53 Å². The van der Waals surface area contributed by atoms with Crippen molar-refractivity contribution in [3.8, 4) is 0 Å². The van der Waals surface area contributed by atoms with Gasteiger partial charge in [0.2, 0.25) is 0 Å². The molecule has 0 spiro atoms. The molecule has 0 saturated carbocycles. The van der Waals surface area contributed by atoms with Crippen molar-refractivity contribution in [2.45, 2.75) is 37.8 Å². The topological polar surface area (TPSA) is 63.5 Å². The first-order chi connectivity index (χ1) is 13.0. The smallest absolute Gasteiger partial charge is 0.283 e. The third kappa shape index (κ3) is 3.79. The predicted molar refractivity (Wildman–Crippen MR) is 104 cm³/mol. The summed E-state index contributed by atoms with van der Waals surface area (Å²) in [5.41, 5.74) is 2.14. The number of aryl methyl sites for hydroxylation is 3. The number of hydrogen-bond acceptors (Lipinski definition) is 6. The van der Waals surface area contributed by atoms with Crippen molar-refractivity contribution in [1.29, 1.82) is 0 Å². The largest absolute Gasteiger partial charge is 0.373 e. The Hall–Kier alpha value is -1.77. The molecular formula is C19H27N5O2S. The van der Waals surface area contributed by atoms with Crippen molar-refractivity contribution in [3.63, 3.8) is 0 Å². The molecule has 2 aromatic heterocycles. The zero-order chi connectivity index (χ0) is 19.0. The second kappa shape index (κ2) is 7.69. The van der Waals surface area contributed by atoms with E-state index in [-0.39, 0.29) is 18.1 Å². The number of amides is 1. The van der Waals surface area contributed by atoms with Gasteiger partial charge in [0.05, 0.1) is 30.6 Å². The Balaban J connectivity index is 1.65. The van der Waals surface area contributed by atoms with Gasteiger partial charge >= 0.3 is 0 Å². The number of aromatic nitrogens is 3. The van der Waals surface area contributed by atoms with Crippen LogP contribution in [0, 0.1) is 0 Å². The second-order valence-corrected chi connectivity index (χ2v) is 8.74. The summed E-state index contributed by atoms with van der Waals surface area (Å²) in [6.45, 7) is 1.87. The van der Waals surface area contributed by atoms with Crippen LogP contribution in [0.2, 0.25) is 0 Å². The summed E-state index contributed by atoms with van der Waals surface area (Å²) in [6.07, 6.45) is 8.16. The molecule has 4 rings (SSSR count). The molecule has 7 nitrogen and oxygen atoms in total. The standard InChI is InChI=1S/C19H27N5O2S/c1-22(2)12-15-17(13-10-20-23(3)11-13)24(8-9-26-15)19(25)18-21-14-6-4-5-7-16(14)27-18/h10-11,15,17H,4-9,12H2,1-3H3/t15-,17-/m0/s1. The van der Waals surface area contributed by atoms with Crippen molar-refractivity contribution in [2.75, 3.05) is 33.8 Å². The lowest BCUT2D eigenvalue weighted by molar-refractivity contribution is -0.0684. The van der Waals surface area contributed by atoms with Crippen LogP contribution in [0.4, 0.5) is 0 Å². The molecule has 27 heavy (non-hydrogen) atoms. The Kier molecular flexibility index (Phi) is 5.29. The summed E-state index contributed by atoms with van der Waals surface area (Å²) in [4.78, 5) is 23.5. The molecule has 0 radical (unpaired) electrons. The lowest BCUT2D eigenvalue weighted by Crippen LogP contribution is -2.51. The fourth-order valence-electron chi connectivity index (χ4n) is 4.03. The Bertz CT molecular complexity index is 791. The fourth-order valence-corrected chi connectivity index (χ4v) is 5.13. The predicted octanol–water partition coefficient (Wildman–Crippen LogP) is 1.90. The maximum absolute atomic E-state index is 13.4. The molecule has 1 fully saturated rings. The number of carbonyl (C=O) groups excluding carboxylic acids is 1. The summed E-state index contributed by atoms with van der Waals surface area (Å²) in [5, 5.41) is 4.95. The minimum absolute atomic E-state index is 0.0234. The number of rotatable bonds is 4. The molecule has 1 amide bonds. The molecule has 2 atom stereocenters. The quantitative estimate of drug-likeness (QED) is 0.799. The van der Waals surface area contributed by atoms with Gasteiger partial charge in [0.15, 0.2) is 5.01 Å². The highest BCUT2D eigenvalue weighted by Crippen LogP contribution is 2.33. The van der Waals surface area contributed by atoms with Crippen molar-refractivity contribution >= 4 is 17.2 Å². The SMILES string of the molecule is CN(C)C[C@@H]1OCCN(C(=O)c2nc3c(s2)CCCC3)[C@H]1c1cnn(C)c1. The monoisotopic (exact) mass is 389 g/mol. The van der Waals surface area contributed by atoms with Crippen molar-refractivity contribution in [1.82, 2.24) is 24.6 Å². The van der Waals surface area contributed by atoms with Crippen LogP contribution < -0.4 is 0 Å². The van der Waals surface area contributed by atoms with Gasteiger partial charge in [-0.3, -0.25) is 9.48 Å². The van der Waals surface area contributed by atoms with E-state index in [9.17, 15) is 4.79 Å². The fraction of sp³-hybridized carbons (Fsp3) is 0.632. The molecule has 0 unspecified atom stereocenters. The zero-order valence-electron chi connectivity index (χ0n) is 16.2. The summed E-state index contributed by atoms with van der Waals surface area (Å²) in [6, 6.07) is -0.150. The van der Waals surface area contributed by atoms with E-state index in [1.807, 2.05) is 38.4 Å². The highest BCUT2D eigenvalue weighted by atomic mass is 32.1. The van der Waals surface area contributed by atoms with Crippen LogP contribution >= 0.6 is 11.3 Å². The van der Waals surface area contributed by atoms with Crippen LogP contribution in [0.15, 0.2) is 12.4 Å². The minimum Gasteiger partial charge on any atom is -0.373 e. The van der Waals surface area contributed by atoms with E-state index >= 15 is 0 Å². The first-order valence-electron chi connectivity index (χ1n) is 9.57. The van der Waals surface area contributed by atoms with Crippen LogP contribution in [0.25, 0.3) is 0 Å². The average molecular weight is 390 g/mol. The molecule has 1 aliphatic heterocycles. The van der Waals surface area contributed by atoms with E-state index < -0.39 is 0 Å². The number of nitrogens with zero attached hydrogens (tertiary/aromatic N) is 5. The molecule has 0 bridgehead atoms. The third-order valence-corrected chi connectivity index (χ3v) is 6.40. The van der Waals surface area contributed by atoms with Gasteiger partial charge < -0.3 is 14.5 Å². The number of fused-ring (bicyclic) bond motifs is 1. The number of morpholine rings is 1. The summed E-state index contributed by atoms with van der Waals surface area (Å²) >= 11 is 1.58. The molecule has 8 heteroatoms. The van der Waals surface area contributed by atoms with Gasteiger partial charge in [-0.2, -0.15) is 5.10 Å². The lowest BCUT2D eigenvalue weighted by atomic mass is 10.0. The molecule has 146 valence electrons. The van der Waals surface area contributed by atoms with Gasteiger partial charge in [-0.15, -0.1) is 11.3 Å². The minimum atomic E-state index is -0.150. The molecule has 2 aliphatic rings. The Labute approximate surface area is 163 Å². The van der Waals surface area contributed by atoms with Crippen molar-refractivity contribution in [3.05, 3.63) is 33.5 Å². The number of thiazole rings is 1. The molecule has 1 aliphatic carbocycles. The highest BCUT2D eigenvalue weighted by Gasteiger charge is 2.39. The van der Waals surface area contributed by atoms with E-state index in [0.29, 0.717) is 18.2 Å². The average Bonchev–Trinajstić information content (AvgIpc) is 3.26. The van der Waals surface area contributed by atoms with Crippen LogP contribution in [0.1, 0.15) is 44.8 Å². The van der Waals surface area contributed by atoms with Gasteiger partial charge in [0.1, 0.15) is 0 Å².